The molecule has 0 amide bonds. The number of nitrogens with zero attached hydrogens (tertiary/aromatic N) is 2. The van der Waals surface area contributed by atoms with Crippen LogP contribution in [0, 0.1) is 13.8 Å². The molecule has 3 nitrogen and oxygen atoms in total. The van der Waals surface area contributed by atoms with Gasteiger partial charge in [-0.25, -0.2) is 0 Å². The van der Waals surface area contributed by atoms with Gasteiger partial charge in [0.05, 0.1) is 5.69 Å². The van der Waals surface area contributed by atoms with Crippen LogP contribution in [-0.4, -0.2) is 15.8 Å². The molecule has 1 saturated carbocycles. The highest BCUT2D eigenvalue weighted by Gasteiger charge is 2.14. The number of hydrogen-bond donors (Lipinski definition) is 1. The topological polar surface area (TPSA) is 29.9 Å². The van der Waals surface area contributed by atoms with Crippen LogP contribution in [0.2, 0.25) is 0 Å². The molecule has 0 aromatic carbocycles. The molecule has 2 rings (SSSR count). The lowest BCUT2D eigenvalue weighted by molar-refractivity contribution is 0.372. The Labute approximate surface area is 98.2 Å². The van der Waals surface area contributed by atoms with Crippen molar-refractivity contribution in [1.29, 1.82) is 0 Å². The van der Waals surface area contributed by atoms with Gasteiger partial charge in [0.15, 0.2) is 0 Å². The van der Waals surface area contributed by atoms with E-state index in [0.717, 1.165) is 12.6 Å². The zero-order valence-electron chi connectivity index (χ0n) is 10.7. The maximum absolute atomic E-state index is 4.45. The van der Waals surface area contributed by atoms with E-state index in [1.54, 1.807) is 0 Å². The van der Waals surface area contributed by atoms with Gasteiger partial charge >= 0.3 is 0 Å². The van der Waals surface area contributed by atoms with E-state index in [1.807, 2.05) is 11.7 Å². The Balaban J connectivity index is 1.93. The molecule has 90 valence electrons. The first-order chi connectivity index (χ1) is 7.68. The second kappa shape index (κ2) is 5.00. The summed E-state index contributed by atoms with van der Waals surface area (Å²) in [6.45, 7) is 5.24. The SMILES string of the molecule is Cc1nn(C)c(C)c1CNC1CCCCC1. The molecular formula is C13H23N3. The van der Waals surface area contributed by atoms with E-state index >= 15 is 0 Å². The molecule has 1 aliphatic rings. The molecule has 1 aliphatic carbocycles. The first-order valence-corrected chi connectivity index (χ1v) is 6.41. The minimum absolute atomic E-state index is 0.729. The predicted molar refractivity (Wildman–Crippen MR) is 66.4 cm³/mol. The molecule has 0 unspecified atom stereocenters. The summed E-state index contributed by atoms with van der Waals surface area (Å²) in [7, 11) is 2.02. The summed E-state index contributed by atoms with van der Waals surface area (Å²) in [6.07, 6.45) is 6.89. The van der Waals surface area contributed by atoms with Crippen LogP contribution in [0.1, 0.15) is 49.1 Å². The average molecular weight is 221 g/mol. The normalized spacial score (nSPS) is 17.9. The van der Waals surface area contributed by atoms with Gasteiger partial charge in [-0.2, -0.15) is 5.10 Å². The van der Waals surface area contributed by atoms with Gasteiger partial charge in [-0.1, -0.05) is 19.3 Å². The minimum atomic E-state index is 0.729. The van der Waals surface area contributed by atoms with E-state index in [-0.39, 0.29) is 0 Å². The molecule has 1 heterocycles. The number of rotatable bonds is 3. The molecule has 1 fully saturated rings. The Morgan fingerprint density at radius 2 is 1.94 bits per heavy atom. The van der Waals surface area contributed by atoms with Crippen molar-refractivity contribution >= 4 is 0 Å². The van der Waals surface area contributed by atoms with Crippen LogP contribution in [0.15, 0.2) is 0 Å². The fraction of sp³-hybridized carbons (Fsp3) is 0.769. The molecule has 3 heteroatoms. The molecule has 0 bridgehead atoms. The molecule has 1 aromatic rings. The highest BCUT2D eigenvalue weighted by molar-refractivity contribution is 5.24. The Hall–Kier alpha value is -0.830. The molecule has 1 aromatic heterocycles. The molecular weight excluding hydrogens is 198 g/mol. The van der Waals surface area contributed by atoms with E-state index in [0.29, 0.717) is 0 Å². The molecule has 0 saturated heterocycles. The third kappa shape index (κ3) is 2.46. The standard InChI is InChI=1S/C13H23N3/c1-10-13(11(2)16(3)15-10)9-14-12-7-5-4-6-8-12/h12,14H,4-9H2,1-3H3. The monoisotopic (exact) mass is 221 g/mol. The van der Waals surface area contributed by atoms with Crippen LogP contribution >= 0.6 is 0 Å². The number of hydrogen-bond acceptors (Lipinski definition) is 2. The maximum atomic E-state index is 4.45. The maximum Gasteiger partial charge on any atom is 0.0641 e. The largest absolute Gasteiger partial charge is 0.310 e. The number of nitrogens with one attached hydrogen (secondary N) is 1. The average Bonchev–Trinajstić information content (AvgIpc) is 2.53. The van der Waals surface area contributed by atoms with Crippen molar-refractivity contribution in [2.24, 2.45) is 7.05 Å². The van der Waals surface area contributed by atoms with Crippen LogP contribution in [0.25, 0.3) is 0 Å². The van der Waals surface area contributed by atoms with Gasteiger partial charge in [-0.3, -0.25) is 4.68 Å². The summed E-state index contributed by atoms with van der Waals surface area (Å²) in [6, 6.07) is 0.729. The summed E-state index contributed by atoms with van der Waals surface area (Å²) < 4.78 is 1.98. The second-order valence-corrected chi connectivity index (χ2v) is 4.99. The summed E-state index contributed by atoms with van der Waals surface area (Å²) in [5, 5.41) is 8.13. The Morgan fingerprint density at radius 1 is 1.25 bits per heavy atom. The van der Waals surface area contributed by atoms with Gasteiger partial charge in [0.25, 0.3) is 0 Å². The summed E-state index contributed by atoms with van der Waals surface area (Å²) in [5.41, 5.74) is 3.84. The van der Waals surface area contributed by atoms with Gasteiger partial charge in [0.2, 0.25) is 0 Å². The van der Waals surface area contributed by atoms with Crippen LogP contribution in [-0.2, 0) is 13.6 Å². The number of aromatic nitrogens is 2. The fourth-order valence-electron chi connectivity index (χ4n) is 2.63. The Morgan fingerprint density at radius 3 is 2.50 bits per heavy atom. The quantitative estimate of drug-likeness (QED) is 0.849. The molecule has 0 aliphatic heterocycles. The van der Waals surface area contributed by atoms with E-state index in [4.69, 9.17) is 0 Å². The van der Waals surface area contributed by atoms with Crippen molar-refractivity contribution in [3.63, 3.8) is 0 Å². The molecule has 0 radical (unpaired) electrons. The van der Waals surface area contributed by atoms with Gasteiger partial charge in [0, 0.05) is 30.9 Å². The van der Waals surface area contributed by atoms with E-state index in [2.05, 4.69) is 24.3 Å². The Kier molecular flexibility index (Phi) is 3.64. The van der Waals surface area contributed by atoms with Gasteiger partial charge in [-0.05, 0) is 26.7 Å². The van der Waals surface area contributed by atoms with Crippen LogP contribution in [0.5, 0.6) is 0 Å². The van der Waals surface area contributed by atoms with E-state index in [9.17, 15) is 0 Å². The van der Waals surface area contributed by atoms with Crippen LogP contribution < -0.4 is 5.32 Å². The third-order valence-corrected chi connectivity index (χ3v) is 3.83. The molecule has 0 atom stereocenters. The van der Waals surface area contributed by atoms with Crippen LogP contribution in [0.4, 0.5) is 0 Å². The van der Waals surface area contributed by atoms with Crippen molar-refractivity contribution < 1.29 is 0 Å². The lowest BCUT2D eigenvalue weighted by Crippen LogP contribution is -2.30. The van der Waals surface area contributed by atoms with Gasteiger partial charge in [-0.15, -0.1) is 0 Å². The van der Waals surface area contributed by atoms with E-state index < -0.39 is 0 Å². The highest BCUT2D eigenvalue weighted by Crippen LogP contribution is 2.19. The predicted octanol–water partition coefficient (Wildman–Crippen LogP) is 2.46. The lowest BCUT2D eigenvalue weighted by Gasteiger charge is -2.22. The smallest absolute Gasteiger partial charge is 0.0641 e. The van der Waals surface area contributed by atoms with Crippen molar-refractivity contribution in [2.75, 3.05) is 0 Å². The fourth-order valence-corrected chi connectivity index (χ4v) is 2.63. The highest BCUT2D eigenvalue weighted by atomic mass is 15.3. The zero-order chi connectivity index (χ0) is 11.5. The van der Waals surface area contributed by atoms with Crippen molar-refractivity contribution in [3.05, 3.63) is 17.0 Å². The van der Waals surface area contributed by atoms with Crippen molar-refractivity contribution in [2.45, 2.75) is 58.5 Å². The molecule has 16 heavy (non-hydrogen) atoms. The second-order valence-electron chi connectivity index (χ2n) is 4.99. The number of aryl methyl sites for hydroxylation is 2. The zero-order valence-corrected chi connectivity index (χ0v) is 10.7. The van der Waals surface area contributed by atoms with Crippen molar-refractivity contribution in [1.82, 2.24) is 15.1 Å². The van der Waals surface area contributed by atoms with Gasteiger partial charge in [0.1, 0.15) is 0 Å². The lowest BCUT2D eigenvalue weighted by atomic mass is 9.95. The van der Waals surface area contributed by atoms with Crippen molar-refractivity contribution in [3.8, 4) is 0 Å². The van der Waals surface area contributed by atoms with Gasteiger partial charge < -0.3 is 5.32 Å². The minimum Gasteiger partial charge on any atom is -0.310 e. The first-order valence-electron chi connectivity index (χ1n) is 6.41. The molecule has 1 N–H and O–H groups in total. The summed E-state index contributed by atoms with van der Waals surface area (Å²) in [4.78, 5) is 0. The third-order valence-electron chi connectivity index (χ3n) is 3.83. The first kappa shape index (κ1) is 11.6. The van der Waals surface area contributed by atoms with Crippen LogP contribution in [0.3, 0.4) is 0 Å². The summed E-state index contributed by atoms with van der Waals surface area (Å²) >= 11 is 0. The van der Waals surface area contributed by atoms with E-state index in [1.165, 1.54) is 49.1 Å². The molecule has 0 spiro atoms. The Bertz CT molecular complexity index is 348. The summed E-state index contributed by atoms with van der Waals surface area (Å²) in [5.74, 6) is 0.